The molecule has 0 amide bonds. The van der Waals surface area contributed by atoms with Gasteiger partial charge in [0.2, 0.25) is 5.88 Å². The largest absolute Gasteiger partial charge is 0.475 e. The van der Waals surface area contributed by atoms with Crippen molar-refractivity contribution in [2.45, 2.75) is 25.6 Å². The van der Waals surface area contributed by atoms with Crippen LogP contribution in [0, 0.1) is 5.92 Å². The van der Waals surface area contributed by atoms with Crippen LogP contribution in [0.5, 0.6) is 5.88 Å². The maximum Gasteiger partial charge on any atom is 0.213 e. The third-order valence-electron chi connectivity index (χ3n) is 4.13. The predicted molar refractivity (Wildman–Crippen MR) is 104 cm³/mol. The number of pyridine rings is 1. The normalized spacial score (nSPS) is 18.5. The molecule has 0 radical (unpaired) electrons. The van der Waals surface area contributed by atoms with Gasteiger partial charge in [0, 0.05) is 57.1 Å². The van der Waals surface area contributed by atoms with Gasteiger partial charge in [-0.25, -0.2) is 4.98 Å². The SMILES string of the molecule is CN=C(NCc1ccc(OCCOC)nc1)N1CCSC(C(C)C)C1. The van der Waals surface area contributed by atoms with Crippen LogP contribution in [0.25, 0.3) is 0 Å². The van der Waals surface area contributed by atoms with Gasteiger partial charge in [0.15, 0.2) is 5.96 Å². The van der Waals surface area contributed by atoms with Crippen LogP contribution >= 0.6 is 11.8 Å². The van der Waals surface area contributed by atoms with Crippen LogP contribution in [-0.4, -0.2) is 67.3 Å². The van der Waals surface area contributed by atoms with Crippen LogP contribution in [0.2, 0.25) is 0 Å². The molecule has 25 heavy (non-hydrogen) atoms. The number of rotatable bonds is 7. The summed E-state index contributed by atoms with van der Waals surface area (Å²) in [5.74, 6) is 3.42. The molecule has 0 spiro atoms. The number of thioether (sulfide) groups is 1. The number of hydrogen-bond donors (Lipinski definition) is 1. The molecule has 1 aliphatic rings. The molecule has 140 valence electrons. The van der Waals surface area contributed by atoms with Crippen molar-refractivity contribution >= 4 is 17.7 Å². The fourth-order valence-corrected chi connectivity index (χ4v) is 3.91. The third-order valence-corrected chi connectivity index (χ3v) is 5.67. The van der Waals surface area contributed by atoms with Gasteiger partial charge in [0.05, 0.1) is 6.61 Å². The van der Waals surface area contributed by atoms with Crippen LogP contribution in [0.1, 0.15) is 19.4 Å². The smallest absolute Gasteiger partial charge is 0.213 e. The summed E-state index contributed by atoms with van der Waals surface area (Å²) in [4.78, 5) is 11.1. The van der Waals surface area contributed by atoms with Gasteiger partial charge in [-0.3, -0.25) is 4.99 Å². The molecule has 1 atom stereocenters. The summed E-state index contributed by atoms with van der Waals surface area (Å²) in [6.45, 7) is 8.45. The summed E-state index contributed by atoms with van der Waals surface area (Å²) >= 11 is 2.07. The Kier molecular flexibility index (Phi) is 8.34. The summed E-state index contributed by atoms with van der Waals surface area (Å²) in [7, 11) is 3.50. The van der Waals surface area contributed by atoms with Crippen molar-refractivity contribution in [2.75, 3.05) is 46.2 Å². The molecule has 0 aromatic carbocycles. The highest BCUT2D eigenvalue weighted by molar-refractivity contribution is 8.00. The zero-order chi connectivity index (χ0) is 18.1. The molecule has 1 unspecified atom stereocenters. The number of aliphatic imine (C=N–C) groups is 1. The molecule has 1 aromatic heterocycles. The fraction of sp³-hybridized carbons (Fsp3) is 0.667. The minimum absolute atomic E-state index is 0.512. The highest BCUT2D eigenvalue weighted by Gasteiger charge is 2.24. The highest BCUT2D eigenvalue weighted by Crippen LogP contribution is 2.24. The maximum atomic E-state index is 5.49. The molecule has 2 heterocycles. The Bertz CT molecular complexity index is 536. The van der Waals surface area contributed by atoms with E-state index >= 15 is 0 Å². The van der Waals surface area contributed by atoms with Crippen molar-refractivity contribution in [1.82, 2.24) is 15.2 Å². The fourth-order valence-electron chi connectivity index (χ4n) is 2.61. The van der Waals surface area contributed by atoms with E-state index in [0.717, 1.165) is 30.4 Å². The lowest BCUT2D eigenvalue weighted by molar-refractivity contribution is 0.143. The van der Waals surface area contributed by atoms with Crippen molar-refractivity contribution < 1.29 is 9.47 Å². The minimum Gasteiger partial charge on any atom is -0.475 e. The van der Waals surface area contributed by atoms with E-state index in [1.807, 2.05) is 25.4 Å². The lowest BCUT2D eigenvalue weighted by Gasteiger charge is -2.36. The number of nitrogens with zero attached hydrogens (tertiary/aromatic N) is 3. The van der Waals surface area contributed by atoms with E-state index in [4.69, 9.17) is 9.47 Å². The number of ether oxygens (including phenoxy) is 2. The first-order chi connectivity index (χ1) is 12.1. The number of aromatic nitrogens is 1. The molecule has 1 fully saturated rings. The van der Waals surface area contributed by atoms with E-state index in [2.05, 4.69) is 45.8 Å². The standard InChI is InChI=1S/C18H30N4O2S/c1-14(2)16-13-22(7-10-25-16)18(19-3)21-12-15-5-6-17(20-11-15)24-9-8-23-4/h5-6,11,14,16H,7-10,12-13H2,1-4H3,(H,19,21). The quantitative estimate of drug-likeness (QED) is 0.454. The molecule has 7 heteroatoms. The monoisotopic (exact) mass is 366 g/mol. The Labute approximate surface area is 155 Å². The van der Waals surface area contributed by atoms with Crippen LogP contribution in [0.3, 0.4) is 0 Å². The number of nitrogens with one attached hydrogen (secondary N) is 1. The van der Waals surface area contributed by atoms with Crippen LogP contribution < -0.4 is 10.1 Å². The van der Waals surface area contributed by atoms with Gasteiger partial charge in [0.1, 0.15) is 6.61 Å². The first-order valence-corrected chi connectivity index (χ1v) is 9.82. The molecular formula is C18H30N4O2S. The second kappa shape index (κ2) is 10.5. The van der Waals surface area contributed by atoms with Crippen molar-refractivity contribution in [3.05, 3.63) is 23.9 Å². The number of methoxy groups -OCH3 is 1. The Hall–Kier alpha value is -1.47. The van der Waals surface area contributed by atoms with Crippen molar-refractivity contribution in [3.63, 3.8) is 0 Å². The van der Waals surface area contributed by atoms with Gasteiger partial charge in [0.25, 0.3) is 0 Å². The van der Waals surface area contributed by atoms with Crippen LogP contribution in [0.4, 0.5) is 0 Å². The highest BCUT2D eigenvalue weighted by atomic mass is 32.2. The second-order valence-electron chi connectivity index (χ2n) is 6.35. The van der Waals surface area contributed by atoms with E-state index in [9.17, 15) is 0 Å². The first kappa shape index (κ1) is 19.8. The predicted octanol–water partition coefficient (Wildman–Crippen LogP) is 2.26. The van der Waals surface area contributed by atoms with E-state index in [0.29, 0.717) is 36.8 Å². The van der Waals surface area contributed by atoms with E-state index in [1.165, 1.54) is 0 Å². The average molecular weight is 367 g/mol. The first-order valence-electron chi connectivity index (χ1n) is 8.78. The van der Waals surface area contributed by atoms with Gasteiger partial charge in [-0.1, -0.05) is 19.9 Å². The zero-order valence-corrected chi connectivity index (χ0v) is 16.5. The van der Waals surface area contributed by atoms with Crippen LogP contribution in [0.15, 0.2) is 23.3 Å². The second-order valence-corrected chi connectivity index (χ2v) is 7.69. The van der Waals surface area contributed by atoms with E-state index in [1.54, 1.807) is 7.11 Å². The van der Waals surface area contributed by atoms with Crippen molar-refractivity contribution in [1.29, 1.82) is 0 Å². The molecule has 1 aromatic rings. The molecule has 2 rings (SSSR count). The average Bonchev–Trinajstić information content (AvgIpc) is 2.64. The van der Waals surface area contributed by atoms with E-state index in [-0.39, 0.29) is 0 Å². The Morgan fingerprint density at radius 1 is 1.44 bits per heavy atom. The van der Waals surface area contributed by atoms with Gasteiger partial charge in [-0.15, -0.1) is 0 Å². The summed E-state index contributed by atoms with van der Waals surface area (Å²) in [6, 6.07) is 3.92. The maximum absolute atomic E-state index is 5.49. The minimum atomic E-state index is 0.512. The number of guanidine groups is 1. The Balaban J connectivity index is 1.84. The topological polar surface area (TPSA) is 59.0 Å². The molecule has 6 nitrogen and oxygen atoms in total. The third kappa shape index (κ3) is 6.40. The van der Waals surface area contributed by atoms with Gasteiger partial charge in [-0.2, -0.15) is 11.8 Å². The van der Waals surface area contributed by atoms with Gasteiger partial charge in [-0.05, 0) is 11.5 Å². The van der Waals surface area contributed by atoms with Crippen LogP contribution in [-0.2, 0) is 11.3 Å². The van der Waals surface area contributed by atoms with E-state index < -0.39 is 0 Å². The lowest BCUT2D eigenvalue weighted by Crippen LogP contribution is -2.48. The molecule has 0 aliphatic carbocycles. The molecule has 0 bridgehead atoms. The van der Waals surface area contributed by atoms with Gasteiger partial charge < -0.3 is 19.7 Å². The Morgan fingerprint density at radius 3 is 2.92 bits per heavy atom. The zero-order valence-electron chi connectivity index (χ0n) is 15.7. The summed E-state index contributed by atoms with van der Waals surface area (Å²) < 4.78 is 10.4. The number of hydrogen-bond acceptors (Lipinski definition) is 5. The molecule has 1 N–H and O–H groups in total. The van der Waals surface area contributed by atoms with Crippen molar-refractivity contribution in [3.8, 4) is 5.88 Å². The summed E-state index contributed by atoms with van der Waals surface area (Å²) in [5, 5.41) is 4.12. The summed E-state index contributed by atoms with van der Waals surface area (Å²) in [6.07, 6.45) is 1.84. The lowest BCUT2D eigenvalue weighted by atomic mass is 10.1. The molecular weight excluding hydrogens is 336 g/mol. The van der Waals surface area contributed by atoms with Crippen molar-refractivity contribution in [2.24, 2.45) is 10.9 Å². The van der Waals surface area contributed by atoms with Gasteiger partial charge >= 0.3 is 0 Å². The molecule has 0 saturated carbocycles. The molecule has 1 aliphatic heterocycles. The Morgan fingerprint density at radius 2 is 2.28 bits per heavy atom. The summed E-state index contributed by atoms with van der Waals surface area (Å²) in [5.41, 5.74) is 1.10. The molecule has 1 saturated heterocycles.